The molecule has 80 valence electrons. The summed E-state index contributed by atoms with van der Waals surface area (Å²) in [5, 5.41) is 10.1. The largest absolute Gasteiger partial charge is 0.396 e. The topological polar surface area (TPSA) is 25.2 Å². The molecule has 0 radical (unpaired) electrons. The lowest BCUT2D eigenvalue weighted by atomic mass is 10.2. The van der Waals surface area contributed by atoms with E-state index in [2.05, 4.69) is 41.8 Å². The third-order valence-corrected chi connectivity index (χ3v) is 2.81. The van der Waals surface area contributed by atoms with Crippen molar-refractivity contribution in [2.75, 3.05) is 6.61 Å². The Bertz CT molecular complexity index is 445. The van der Waals surface area contributed by atoms with Crippen molar-refractivity contribution < 1.29 is 5.11 Å². The molecule has 0 saturated carbocycles. The van der Waals surface area contributed by atoms with Crippen molar-refractivity contribution in [2.24, 2.45) is 0 Å². The van der Waals surface area contributed by atoms with E-state index >= 15 is 0 Å². The van der Waals surface area contributed by atoms with Crippen LogP contribution in [0.2, 0.25) is 0 Å². The smallest absolute Gasteiger partial charge is 0.0482 e. The van der Waals surface area contributed by atoms with Crippen molar-refractivity contribution in [1.29, 1.82) is 0 Å². The van der Waals surface area contributed by atoms with Crippen molar-refractivity contribution in [2.45, 2.75) is 26.3 Å². The van der Waals surface area contributed by atoms with E-state index in [4.69, 9.17) is 5.11 Å². The van der Waals surface area contributed by atoms with E-state index in [0.29, 0.717) is 0 Å². The van der Waals surface area contributed by atoms with Crippen molar-refractivity contribution in [3.8, 4) is 0 Å². The highest BCUT2D eigenvalue weighted by Crippen LogP contribution is 2.19. The van der Waals surface area contributed by atoms with Gasteiger partial charge in [-0.05, 0) is 37.3 Å². The van der Waals surface area contributed by atoms with Crippen LogP contribution in [0.4, 0.5) is 0 Å². The SMILES string of the molecule is Cc1cc2ccccc2n1CCCCO. The Balaban J connectivity index is 2.28. The molecule has 0 fully saturated rings. The Morgan fingerprint density at radius 1 is 1.20 bits per heavy atom. The van der Waals surface area contributed by atoms with Crippen LogP contribution in [0.15, 0.2) is 30.3 Å². The number of rotatable bonds is 4. The number of aromatic nitrogens is 1. The predicted octanol–water partition coefficient (Wildman–Crippen LogP) is 2.72. The van der Waals surface area contributed by atoms with Gasteiger partial charge in [0.15, 0.2) is 0 Å². The molecule has 0 amide bonds. The molecule has 15 heavy (non-hydrogen) atoms. The van der Waals surface area contributed by atoms with Gasteiger partial charge < -0.3 is 9.67 Å². The fourth-order valence-electron chi connectivity index (χ4n) is 2.03. The monoisotopic (exact) mass is 203 g/mol. The van der Waals surface area contributed by atoms with E-state index in [-0.39, 0.29) is 6.61 Å². The van der Waals surface area contributed by atoms with Gasteiger partial charge in [-0.3, -0.25) is 0 Å². The molecule has 0 atom stereocenters. The van der Waals surface area contributed by atoms with Crippen LogP contribution in [0.1, 0.15) is 18.5 Å². The van der Waals surface area contributed by atoms with Gasteiger partial charge in [-0.25, -0.2) is 0 Å². The van der Waals surface area contributed by atoms with Crippen LogP contribution >= 0.6 is 0 Å². The lowest BCUT2D eigenvalue weighted by Gasteiger charge is -2.07. The maximum atomic E-state index is 8.77. The average Bonchev–Trinajstić information content (AvgIpc) is 2.56. The maximum Gasteiger partial charge on any atom is 0.0482 e. The molecule has 0 aliphatic carbocycles. The Labute approximate surface area is 90.2 Å². The predicted molar refractivity (Wildman–Crippen MR) is 63.0 cm³/mol. The normalized spacial score (nSPS) is 11.1. The van der Waals surface area contributed by atoms with Crippen molar-refractivity contribution >= 4 is 10.9 Å². The van der Waals surface area contributed by atoms with E-state index in [1.165, 1.54) is 16.6 Å². The summed E-state index contributed by atoms with van der Waals surface area (Å²) in [7, 11) is 0. The Morgan fingerprint density at radius 3 is 2.80 bits per heavy atom. The highest BCUT2D eigenvalue weighted by atomic mass is 16.2. The second kappa shape index (κ2) is 4.49. The number of fused-ring (bicyclic) bond motifs is 1. The first-order valence-electron chi connectivity index (χ1n) is 5.48. The molecule has 0 bridgehead atoms. The molecule has 1 heterocycles. The molecule has 0 aliphatic heterocycles. The summed E-state index contributed by atoms with van der Waals surface area (Å²) in [5.41, 5.74) is 2.60. The van der Waals surface area contributed by atoms with Gasteiger partial charge in [-0.15, -0.1) is 0 Å². The van der Waals surface area contributed by atoms with E-state index in [1.54, 1.807) is 0 Å². The fourth-order valence-corrected chi connectivity index (χ4v) is 2.03. The molecular weight excluding hydrogens is 186 g/mol. The quantitative estimate of drug-likeness (QED) is 0.759. The van der Waals surface area contributed by atoms with Gasteiger partial charge >= 0.3 is 0 Å². The standard InChI is InChI=1S/C13H17NO/c1-11-10-12-6-2-3-7-13(12)14(11)8-4-5-9-15/h2-3,6-7,10,15H,4-5,8-9H2,1H3. The second-order valence-corrected chi connectivity index (χ2v) is 3.93. The third kappa shape index (κ3) is 2.05. The molecule has 2 nitrogen and oxygen atoms in total. The number of nitrogens with zero attached hydrogens (tertiary/aromatic N) is 1. The van der Waals surface area contributed by atoms with Crippen molar-refractivity contribution in [3.63, 3.8) is 0 Å². The van der Waals surface area contributed by atoms with Gasteiger partial charge in [0.05, 0.1) is 0 Å². The Hall–Kier alpha value is -1.28. The molecule has 0 unspecified atom stereocenters. The summed E-state index contributed by atoms with van der Waals surface area (Å²) in [6, 6.07) is 10.7. The zero-order valence-electron chi connectivity index (χ0n) is 9.11. The number of benzene rings is 1. The first-order valence-corrected chi connectivity index (χ1v) is 5.48. The van der Waals surface area contributed by atoms with E-state index in [9.17, 15) is 0 Å². The molecule has 2 rings (SSSR count). The molecule has 2 aromatic rings. The van der Waals surface area contributed by atoms with Gasteiger partial charge in [-0.1, -0.05) is 18.2 Å². The van der Waals surface area contributed by atoms with Crippen LogP contribution in [0.5, 0.6) is 0 Å². The fraction of sp³-hybridized carbons (Fsp3) is 0.385. The van der Waals surface area contributed by atoms with Crippen LogP contribution in [0, 0.1) is 6.92 Å². The summed E-state index contributed by atoms with van der Waals surface area (Å²) >= 11 is 0. The number of aryl methyl sites for hydroxylation is 2. The minimum absolute atomic E-state index is 0.290. The number of aliphatic hydroxyl groups is 1. The summed E-state index contributed by atoms with van der Waals surface area (Å²) < 4.78 is 2.32. The van der Waals surface area contributed by atoms with Crippen LogP contribution in [-0.2, 0) is 6.54 Å². The highest BCUT2D eigenvalue weighted by molar-refractivity contribution is 5.81. The van der Waals surface area contributed by atoms with Crippen LogP contribution < -0.4 is 0 Å². The summed E-state index contributed by atoms with van der Waals surface area (Å²) in [4.78, 5) is 0. The second-order valence-electron chi connectivity index (χ2n) is 3.93. The minimum Gasteiger partial charge on any atom is -0.396 e. The van der Waals surface area contributed by atoms with Gasteiger partial charge in [0.2, 0.25) is 0 Å². The summed E-state index contributed by atoms with van der Waals surface area (Å²) in [6.07, 6.45) is 1.92. The summed E-state index contributed by atoms with van der Waals surface area (Å²) in [5.74, 6) is 0. The third-order valence-electron chi connectivity index (χ3n) is 2.81. The van der Waals surface area contributed by atoms with Crippen LogP contribution in [0.3, 0.4) is 0 Å². The average molecular weight is 203 g/mol. The molecule has 1 aromatic heterocycles. The number of unbranched alkanes of at least 4 members (excludes halogenated alkanes) is 1. The zero-order valence-corrected chi connectivity index (χ0v) is 9.11. The van der Waals surface area contributed by atoms with Gasteiger partial charge in [-0.2, -0.15) is 0 Å². The minimum atomic E-state index is 0.290. The van der Waals surface area contributed by atoms with Crippen LogP contribution in [0.25, 0.3) is 10.9 Å². The van der Waals surface area contributed by atoms with E-state index in [0.717, 1.165) is 19.4 Å². The van der Waals surface area contributed by atoms with E-state index in [1.807, 2.05) is 0 Å². The molecule has 0 saturated heterocycles. The maximum absolute atomic E-state index is 8.77. The molecule has 2 heteroatoms. The van der Waals surface area contributed by atoms with Gasteiger partial charge in [0.25, 0.3) is 0 Å². The van der Waals surface area contributed by atoms with Gasteiger partial charge in [0.1, 0.15) is 0 Å². The molecule has 1 aromatic carbocycles. The highest BCUT2D eigenvalue weighted by Gasteiger charge is 2.03. The van der Waals surface area contributed by atoms with E-state index < -0.39 is 0 Å². The zero-order chi connectivity index (χ0) is 10.7. The number of para-hydroxylation sites is 1. The van der Waals surface area contributed by atoms with Gasteiger partial charge in [0, 0.05) is 24.4 Å². The van der Waals surface area contributed by atoms with Crippen LogP contribution in [-0.4, -0.2) is 16.3 Å². The number of hydrogen-bond acceptors (Lipinski definition) is 1. The molecule has 0 aliphatic rings. The molecular formula is C13H17NO. The number of aliphatic hydroxyl groups excluding tert-OH is 1. The Kier molecular flexibility index (Phi) is 3.07. The van der Waals surface area contributed by atoms with Crippen molar-refractivity contribution in [1.82, 2.24) is 4.57 Å². The summed E-state index contributed by atoms with van der Waals surface area (Å²) in [6.45, 7) is 3.43. The lowest BCUT2D eigenvalue weighted by molar-refractivity contribution is 0.281. The molecule has 1 N–H and O–H groups in total. The first-order chi connectivity index (χ1) is 7.33. The molecule has 0 spiro atoms. The van der Waals surface area contributed by atoms with Crippen molar-refractivity contribution in [3.05, 3.63) is 36.0 Å². The number of hydrogen-bond donors (Lipinski definition) is 1. The lowest BCUT2D eigenvalue weighted by Crippen LogP contribution is -2.00. The Morgan fingerprint density at radius 2 is 2.00 bits per heavy atom. The first kappa shape index (κ1) is 10.2.